The molecule has 3 heterocycles. The van der Waals surface area contributed by atoms with E-state index in [4.69, 9.17) is 4.74 Å². The zero-order chi connectivity index (χ0) is 21.1. The Balaban J connectivity index is 1.58. The summed E-state index contributed by atoms with van der Waals surface area (Å²) in [5, 5.41) is 7.06. The smallest absolute Gasteiger partial charge is 0.276 e. The summed E-state index contributed by atoms with van der Waals surface area (Å²) in [5.74, 6) is -0.502. The minimum Gasteiger partial charge on any atom is -0.376 e. The molecule has 0 saturated carbocycles. The second-order valence-corrected chi connectivity index (χ2v) is 10.0. The molecule has 2 aromatic rings. The zero-order valence-electron chi connectivity index (χ0n) is 16.6. The number of carbonyl (C=O) groups excluding carboxylic acids is 2. The number of nitrogens with one attached hydrogen (secondary N) is 2. The summed E-state index contributed by atoms with van der Waals surface area (Å²) in [6.45, 7) is 1.24. The third kappa shape index (κ3) is 4.71. The number of halogens is 1. The van der Waals surface area contributed by atoms with Crippen LogP contribution in [-0.2, 0) is 17.6 Å². The summed E-state index contributed by atoms with van der Waals surface area (Å²) < 4.78 is 6.13. The van der Waals surface area contributed by atoms with Gasteiger partial charge in [-0.15, -0.1) is 11.3 Å². The van der Waals surface area contributed by atoms with Gasteiger partial charge in [0.15, 0.2) is 5.16 Å². The molecular weight excluding hydrogens is 488 g/mol. The average Bonchev–Trinajstić information content (AvgIpc) is 3.39. The molecule has 7 nitrogen and oxygen atoms in total. The lowest BCUT2D eigenvalue weighted by Crippen LogP contribution is -2.32. The average molecular weight is 511 g/mol. The molecule has 0 bridgehead atoms. The van der Waals surface area contributed by atoms with E-state index in [0.29, 0.717) is 26.7 Å². The van der Waals surface area contributed by atoms with E-state index in [1.165, 1.54) is 28.0 Å². The summed E-state index contributed by atoms with van der Waals surface area (Å²) in [6.07, 6.45) is 9.45. The molecule has 30 heavy (non-hydrogen) atoms. The van der Waals surface area contributed by atoms with Crippen molar-refractivity contribution in [2.75, 3.05) is 24.7 Å². The van der Waals surface area contributed by atoms with Gasteiger partial charge < -0.3 is 15.4 Å². The Morgan fingerprint density at radius 1 is 1.30 bits per heavy atom. The van der Waals surface area contributed by atoms with Crippen molar-refractivity contribution in [1.29, 1.82) is 0 Å². The van der Waals surface area contributed by atoms with Crippen LogP contribution in [0, 0.1) is 0 Å². The minimum absolute atomic E-state index is 0.0726. The third-order valence-corrected chi connectivity index (χ3v) is 7.61. The quantitative estimate of drug-likeness (QED) is 0.449. The number of thiophene rings is 1. The Morgan fingerprint density at radius 2 is 2.13 bits per heavy atom. The summed E-state index contributed by atoms with van der Waals surface area (Å²) >= 11 is 6.22. The predicted octanol–water partition coefficient (Wildman–Crippen LogP) is 4.06. The number of hydrogen-bond acceptors (Lipinski definition) is 7. The van der Waals surface area contributed by atoms with Crippen molar-refractivity contribution < 1.29 is 14.3 Å². The second-order valence-electron chi connectivity index (χ2n) is 7.27. The van der Waals surface area contributed by atoms with Gasteiger partial charge in [0.1, 0.15) is 10.7 Å². The summed E-state index contributed by atoms with van der Waals surface area (Å²) in [5.41, 5.74) is 1.92. The Hall–Kier alpha value is -1.49. The summed E-state index contributed by atoms with van der Waals surface area (Å²) in [4.78, 5) is 35.7. The van der Waals surface area contributed by atoms with Crippen LogP contribution >= 0.6 is 39.0 Å². The van der Waals surface area contributed by atoms with Gasteiger partial charge in [-0.3, -0.25) is 9.59 Å². The van der Waals surface area contributed by atoms with Crippen molar-refractivity contribution in [3.63, 3.8) is 0 Å². The number of aromatic nitrogens is 2. The molecule has 2 N–H and O–H groups in total. The number of amides is 2. The number of ether oxygens (including phenoxy) is 1. The number of rotatable bonds is 6. The number of aryl methyl sites for hydroxylation is 1. The highest BCUT2D eigenvalue weighted by molar-refractivity contribution is 9.10. The molecular formula is C20H23BrN4O3S2. The number of anilines is 1. The molecule has 1 unspecified atom stereocenters. The lowest BCUT2D eigenvalue weighted by atomic mass is 9.95. The molecule has 160 valence electrons. The van der Waals surface area contributed by atoms with Crippen LogP contribution in [0.1, 0.15) is 57.0 Å². The molecule has 2 amide bonds. The molecule has 2 aromatic heterocycles. The minimum atomic E-state index is -0.355. The first-order valence-electron chi connectivity index (χ1n) is 9.99. The first kappa shape index (κ1) is 21.7. The number of carbonyl (C=O) groups is 2. The molecule has 1 fully saturated rings. The Bertz CT molecular complexity index is 960. The number of nitrogens with zero attached hydrogens (tertiary/aromatic N) is 2. The molecule has 0 spiro atoms. The normalized spacial score (nSPS) is 18.1. The van der Waals surface area contributed by atoms with Crippen molar-refractivity contribution in [3.05, 3.63) is 32.4 Å². The van der Waals surface area contributed by atoms with Crippen LogP contribution < -0.4 is 10.6 Å². The van der Waals surface area contributed by atoms with Crippen molar-refractivity contribution in [1.82, 2.24) is 15.3 Å². The van der Waals surface area contributed by atoms with Crippen molar-refractivity contribution in [2.45, 2.75) is 49.8 Å². The van der Waals surface area contributed by atoms with Gasteiger partial charge in [-0.2, -0.15) is 0 Å². The van der Waals surface area contributed by atoms with Gasteiger partial charge in [0, 0.05) is 24.2 Å². The Kier molecular flexibility index (Phi) is 7.07. The van der Waals surface area contributed by atoms with Crippen LogP contribution in [-0.4, -0.2) is 47.3 Å². The SMILES string of the molecule is CSc1ncc(Br)c(C(=O)Nc2sc3c(c2C(=O)NCC2CCCO2)CCCC3)n1. The standard InChI is InChI=1S/C20H23BrN4O3S2/c1-29-20-23-10-13(21)16(24-20)18(27)25-19-15(12-6-2-3-7-14(12)30-19)17(26)22-9-11-5-4-8-28-11/h10-11H,2-9H2,1H3,(H,22,26)(H,25,27). The summed E-state index contributed by atoms with van der Waals surface area (Å²) in [7, 11) is 0. The zero-order valence-corrected chi connectivity index (χ0v) is 19.8. The molecule has 0 radical (unpaired) electrons. The molecule has 1 atom stereocenters. The number of hydrogen-bond donors (Lipinski definition) is 2. The fourth-order valence-electron chi connectivity index (χ4n) is 3.77. The van der Waals surface area contributed by atoms with Crippen LogP contribution in [0.15, 0.2) is 15.8 Å². The first-order valence-corrected chi connectivity index (χ1v) is 12.8. The van der Waals surface area contributed by atoms with Gasteiger partial charge in [-0.05, 0) is 66.3 Å². The van der Waals surface area contributed by atoms with Crippen LogP contribution in [0.2, 0.25) is 0 Å². The maximum Gasteiger partial charge on any atom is 0.276 e. The maximum absolute atomic E-state index is 13.1. The molecule has 1 saturated heterocycles. The fourth-order valence-corrected chi connectivity index (χ4v) is 5.76. The van der Waals surface area contributed by atoms with Gasteiger partial charge in [-0.25, -0.2) is 9.97 Å². The lowest BCUT2D eigenvalue weighted by Gasteiger charge is -2.15. The van der Waals surface area contributed by atoms with Gasteiger partial charge >= 0.3 is 0 Å². The van der Waals surface area contributed by atoms with E-state index in [1.807, 2.05) is 6.26 Å². The second kappa shape index (κ2) is 9.76. The summed E-state index contributed by atoms with van der Waals surface area (Å²) in [6, 6.07) is 0. The highest BCUT2D eigenvalue weighted by Gasteiger charge is 2.28. The Morgan fingerprint density at radius 3 is 2.90 bits per heavy atom. The molecule has 4 rings (SSSR count). The van der Waals surface area contributed by atoms with E-state index >= 15 is 0 Å². The van der Waals surface area contributed by atoms with Gasteiger partial charge in [0.2, 0.25) is 0 Å². The molecule has 10 heteroatoms. The van der Waals surface area contributed by atoms with Crippen molar-refractivity contribution in [2.24, 2.45) is 0 Å². The molecule has 1 aliphatic heterocycles. The van der Waals surface area contributed by atoms with Crippen LogP contribution in [0.25, 0.3) is 0 Å². The van der Waals surface area contributed by atoms with Crippen molar-refractivity contribution >= 4 is 55.8 Å². The predicted molar refractivity (Wildman–Crippen MR) is 122 cm³/mol. The van der Waals surface area contributed by atoms with Crippen LogP contribution in [0.5, 0.6) is 0 Å². The fraction of sp³-hybridized carbons (Fsp3) is 0.500. The van der Waals surface area contributed by atoms with Gasteiger partial charge in [0.25, 0.3) is 11.8 Å². The van der Waals surface area contributed by atoms with E-state index in [0.717, 1.165) is 50.7 Å². The van der Waals surface area contributed by atoms with E-state index in [9.17, 15) is 9.59 Å². The van der Waals surface area contributed by atoms with E-state index in [1.54, 1.807) is 6.20 Å². The third-order valence-electron chi connectivity index (χ3n) is 5.26. The van der Waals surface area contributed by atoms with Gasteiger partial charge in [-0.1, -0.05) is 11.8 Å². The topological polar surface area (TPSA) is 93.2 Å². The van der Waals surface area contributed by atoms with Crippen LogP contribution in [0.4, 0.5) is 5.00 Å². The molecule has 2 aliphatic rings. The number of thioether (sulfide) groups is 1. The van der Waals surface area contributed by atoms with Crippen molar-refractivity contribution in [3.8, 4) is 0 Å². The first-order chi connectivity index (χ1) is 14.6. The Labute approximate surface area is 191 Å². The van der Waals surface area contributed by atoms with Crippen LogP contribution in [0.3, 0.4) is 0 Å². The monoisotopic (exact) mass is 510 g/mol. The maximum atomic E-state index is 13.1. The van der Waals surface area contributed by atoms with E-state index in [2.05, 4.69) is 36.5 Å². The largest absolute Gasteiger partial charge is 0.376 e. The van der Waals surface area contributed by atoms with E-state index in [-0.39, 0.29) is 23.6 Å². The highest BCUT2D eigenvalue weighted by atomic mass is 79.9. The lowest BCUT2D eigenvalue weighted by molar-refractivity contribution is 0.0858. The molecule has 1 aliphatic carbocycles. The molecule has 0 aromatic carbocycles. The van der Waals surface area contributed by atoms with Gasteiger partial charge in [0.05, 0.1) is 16.1 Å². The highest BCUT2D eigenvalue weighted by Crippen LogP contribution is 2.38. The number of fused-ring (bicyclic) bond motifs is 1. The van der Waals surface area contributed by atoms with E-state index < -0.39 is 0 Å².